The van der Waals surface area contributed by atoms with Gasteiger partial charge in [0.25, 0.3) is 0 Å². The van der Waals surface area contributed by atoms with Gasteiger partial charge in [-0.25, -0.2) is 4.98 Å². The molecule has 0 aromatic carbocycles. The van der Waals surface area contributed by atoms with Crippen LogP contribution >= 0.6 is 0 Å². The Labute approximate surface area is 147 Å². The Morgan fingerprint density at radius 3 is 2.54 bits per heavy atom. The molecule has 0 saturated carbocycles. The van der Waals surface area contributed by atoms with E-state index < -0.39 is 0 Å². The summed E-state index contributed by atoms with van der Waals surface area (Å²) in [5, 5.41) is 3.50. The first-order valence-electron chi connectivity index (χ1n) is 9.72. The lowest BCUT2D eigenvalue weighted by Gasteiger charge is -2.28. The van der Waals surface area contributed by atoms with Gasteiger partial charge in [-0.3, -0.25) is 0 Å². The largest absolute Gasteiger partial charge is 0.356 e. The van der Waals surface area contributed by atoms with E-state index in [-0.39, 0.29) is 0 Å². The standard InChI is InChI=1S/C19H35N5/c1-5-23(6-2)12-10-11-16(3)20-19-21-17(4)15-18(22-19)24-13-8-7-9-14-24/h15-16H,5-14H2,1-4H3,(H,20,21,22). The molecule has 0 spiro atoms. The monoisotopic (exact) mass is 333 g/mol. The van der Waals surface area contributed by atoms with Gasteiger partial charge in [0.15, 0.2) is 0 Å². The maximum Gasteiger partial charge on any atom is 0.225 e. The van der Waals surface area contributed by atoms with Gasteiger partial charge in [-0.15, -0.1) is 0 Å². The summed E-state index contributed by atoms with van der Waals surface area (Å²) in [6, 6.07) is 2.51. The van der Waals surface area contributed by atoms with Crippen molar-refractivity contribution < 1.29 is 0 Å². The van der Waals surface area contributed by atoms with E-state index in [1.807, 2.05) is 0 Å². The van der Waals surface area contributed by atoms with Gasteiger partial charge in [0.05, 0.1) is 0 Å². The normalized spacial score (nSPS) is 16.5. The predicted molar refractivity (Wildman–Crippen MR) is 103 cm³/mol. The predicted octanol–water partition coefficient (Wildman–Crippen LogP) is 3.70. The summed E-state index contributed by atoms with van der Waals surface area (Å²) in [4.78, 5) is 14.2. The smallest absolute Gasteiger partial charge is 0.225 e. The lowest BCUT2D eigenvalue weighted by atomic mass is 10.1. The molecule has 24 heavy (non-hydrogen) atoms. The Kier molecular flexibility index (Phi) is 7.76. The van der Waals surface area contributed by atoms with Crippen molar-refractivity contribution in [3.63, 3.8) is 0 Å². The van der Waals surface area contributed by atoms with Gasteiger partial charge < -0.3 is 15.1 Å². The Morgan fingerprint density at radius 2 is 1.88 bits per heavy atom. The van der Waals surface area contributed by atoms with E-state index >= 15 is 0 Å². The minimum Gasteiger partial charge on any atom is -0.356 e. The third-order valence-electron chi connectivity index (χ3n) is 4.90. The first kappa shape index (κ1) is 19.0. The highest BCUT2D eigenvalue weighted by atomic mass is 15.2. The first-order valence-corrected chi connectivity index (χ1v) is 9.72. The van der Waals surface area contributed by atoms with Crippen LogP contribution in [0.3, 0.4) is 0 Å². The van der Waals surface area contributed by atoms with Crippen LogP contribution in [0.5, 0.6) is 0 Å². The van der Waals surface area contributed by atoms with Crippen LogP contribution in [0.4, 0.5) is 11.8 Å². The highest BCUT2D eigenvalue weighted by molar-refractivity contribution is 5.45. The lowest BCUT2D eigenvalue weighted by Crippen LogP contribution is -2.31. The molecule has 0 radical (unpaired) electrons. The second-order valence-corrected chi connectivity index (χ2v) is 6.95. The van der Waals surface area contributed by atoms with Gasteiger partial charge in [-0.05, 0) is 65.6 Å². The second-order valence-electron chi connectivity index (χ2n) is 6.95. The van der Waals surface area contributed by atoms with Crippen molar-refractivity contribution in [3.05, 3.63) is 11.8 Å². The van der Waals surface area contributed by atoms with Crippen molar-refractivity contribution >= 4 is 11.8 Å². The minimum atomic E-state index is 0.400. The van der Waals surface area contributed by atoms with Crippen molar-refractivity contribution in [3.8, 4) is 0 Å². The van der Waals surface area contributed by atoms with E-state index in [4.69, 9.17) is 4.98 Å². The fourth-order valence-electron chi connectivity index (χ4n) is 3.35. The van der Waals surface area contributed by atoms with E-state index in [0.717, 1.165) is 50.1 Å². The SMILES string of the molecule is CCN(CC)CCCC(C)Nc1nc(C)cc(N2CCCCC2)n1. The molecule has 1 unspecified atom stereocenters. The summed E-state index contributed by atoms with van der Waals surface area (Å²) in [5.74, 6) is 1.87. The topological polar surface area (TPSA) is 44.3 Å². The number of nitrogens with zero attached hydrogens (tertiary/aromatic N) is 4. The molecule has 1 aliphatic heterocycles. The van der Waals surface area contributed by atoms with E-state index in [2.05, 4.69) is 53.9 Å². The number of piperidine rings is 1. The maximum atomic E-state index is 4.77. The Balaban J connectivity index is 1.87. The summed E-state index contributed by atoms with van der Waals surface area (Å²) in [5.41, 5.74) is 1.04. The fourth-order valence-corrected chi connectivity index (χ4v) is 3.35. The van der Waals surface area contributed by atoms with E-state index in [9.17, 15) is 0 Å². The first-order chi connectivity index (χ1) is 11.6. The number of rotatable bonds is 9. The van der Waals surface area contributed by atoms with Gasteiger partial charge in [0.2, 0.25) is 5.95 Å². The molecule has 136 valence electrons. The molecule has 1 fully saturated rings. The Bertz CT molecular complexity index is 481. The van der Waals surface area contributed by atoms with Crippen molar-refractivity contribution in [2.45, 2.75) is 65.8 Å². The molecule has 1 aromatic heterocycles. The highest BCUT2D eigenvalue weighted by Gasteiger charge is 2.14. The molecule has 5 nitrogen and oxygen atoms in total. The third kappa shape index (κ3) is 5.93. The summed E-state index contributed by atoms with van der Waals surface area (Å²) < 4.78 is 0. The minimum absolute atomic E-state index is 0.400. The van der Waals surface area contributed by atoms with Gasteiger partial charge in [-0.1, -0.05) is 13.8 Å². The fraction of sp³-hybridized carbons (Fsp3) is 0.789. The molecule has 1 N–H and O–H groups in total. The molecule has 2 heterocycles. The molecular weight excluding hydrogens is 298 g/mol. The molecule has 1 aromatic rings. The van der Waals surface area contributed by atoms with Gasteiger partial charge in [0, 0.05) is 30.9 Å². The van der Waals surface area contributed by atoms with Crippen molar-refractivity contribution in [1.82, 2.24) is 14.9 Å². The van der Waals surface area contributed by atoms with Crippen LogP contribution in [-0.2, 0) is 0 Å². The van der Waals surface area contributed by atoms with Crippen LogP contribution in [0, 0.1) is 6.92 Å². The number of aryl methyl sites for hydroxylation is 1. The molecule has 0 bridgehead atoms. The average Bonchev–Trinajstić information content (AvgIpc) is 2.59. The van der Waals surface area contributed by atoms with E-state index in [1.165, 1.54) is 32.2 Å². The third-order valence-corrected chi connectivity index (χ3v) is 4.90. The van der Waals surface area contributed by atoms with Gasteiger partial charge in [0.1, 0.15) is 5.82 Å². The van der Waals surface area contributed by atoms with E-state index in [1.54, 1.807) is 0 Å². The van der Waals surface area contributed by atoms with Crippen LogP contribution in [0.25, 0.3) is 0 Å². The highest BCUT2D eigenvalue weighted by Crippen LogP contribution is 2.20. The molecule has 0 aliphatic carbocycles. The molecule has 0 amide bonds. The van der Waals surface area contributed by atoms with Crippen LogP contribution in [-0.4, -0.2) is 53.6 Å². The number of anilines is 2. The number of aromatic nitrogens is 2. The summed E-state index contributed by atoms with van der Waals surface area (Å²) in [7, 11) is 0. The van der Waals surface area contributed by atoms with Gasteiger partial charge in [-0.2, -0.15) is 4.98 Å². The zero-order chi connectivity index (χ0) is 17.4. The second kappa shape index (κ2) is 9.82. The maximum absolute atomic E-state index is 4.77. The molecule has 2 rings (SSSR count). The molecule has 1 atom stereocenters. The van der Waals surface area contributed by atoms with E-state index in [0.29, 0.717) is 6.04 Å². The van der Waals surface area contributed by atoms with Crippen LogP contribution in [0.15, 0.2) is 6.07 Å². The number of nitrogens with one attached hydrogen (secondary N) is 1. The van der Waals surface area contributed by atoms with Crippen molar-refractivity contribution in [2.24, 2.45) is 0 Å². The number of hydrogen-bond acceptors (Lipinski definition) is 5. The summed E-state index contributed by atoms with van der Waals surface area (Å²) >= 11 is 0. The average molecular weight is 334 g/mol. The molecule has 1 aliphatic rings. The molecular formula is C19H35N5. The quantitative estimate of drug-likeness (QED) is 0.746. The summed E-state index contributed by atoms with van der Waals surface area (Å²) in [6.45, 7) is 14.4. The van der Waals surface area contributed by atoms with Crippen LogP contribution < -0.4 is 10.2 Å². The van der Waals surface area contributed by atoms with Crippen LogP contribution in [0.1, 0.15) is 58.6 Å². The Hall–Kier alpha value is -1.36. The number of hydrogen-bond donors (Lipinski definition) is 1. The lowest BCUT2D eigenvalue weighted by molar-refractivity contribution is 0.295. The van der Waals surface area contributed by atoms with Crippen LogP contribution in [0.2, 0.25) is 0 Å². The molecule has 5 heteroatoms. The van der Waals surface area contributed by atoms with Crippen molar-refractivity contribution in [2.75, 3.05) is 42.9 Å². The zero-order valence-corrected chi connectivity index (χ0v) is 16.0. The Morgan fingerprint density at radius 1 is 1.17 bits per heavy atom. The molecule has 1 saturated heterocycles. The van der Waals surface area contributed by atoms with Crippen molar-refractivity contribution in [1.29, 1.82) is 0 Å². The summed E-state index contributed by atoms with van der Waals surface area (Å²) in [6.07, 6.45) is 6.24. The zero-order valence-electron chi connectivity index (χ0n) is 16.0. The van der Waals surface area contributed by atoms with Gasteiger partial charge >= 0.3 is 0 Å².